The van der Waals surface area contributed by atoms with Crippen LogP contribution in [-0.2, 0) is 14.9 Å². The van der Waals surface area contributed by atoms with Crippen LogP contribution in [0.4, 0.5) is 0 Å². The molecule has 0 saturated carbocycles. The number of hydrogen-bond donors (Lipinski definition) is 1. The number of rotatable bonds is 5. The molecule has 2 aromatic carbocycles. The largest absolute Gasteiger partial charge is 0.369 e. The summed E-state index contributed by atoms with van der Waals surface area (Å²) in [5, 5.41) is 4.01. The predicted molar refractivity (Wildman–Crippen MR) is 124 cm³/mol. The summed E-state index contributed by atoms with van der Waals surface area (Å²) >= 11 is 6.44. The van der Waals surface area contributed by atoms with Crippen LogP contribution in [0.3, 0.4) is 0 Å². The number of carbonyl (C=O) groups excluding carboxylic acids is 1. The molecule has 5 heteroatoms. The highest BCUT2D eigenvalue weighted by Gasteiger charge is 2.53. The Bertz CT molecular complexity index is 1010. The van der Waals surface area contributed by atoms with Gasteiger partial charge in [-0.15, -0.1) is 0 Å². The number of likely N-dealkylation sites (tertiary alicyclic amines) is 1. The van der Waals surface area contributed by atoms with Crippen LogP contribution >= 0.6 is 11.6 Å². The summed E-state index contributed by atoms with van der Waals surface area (Å²) in [7, 11) is 1.58. The number of piperidine rings is 1. The molecule has 31 heavy (non-hydrogen) atoms. The second kappa shape index (κ2) is 7.61. The zero-order chi connectivity index (χ0) is 21.8. The number of methoxy groups -OCH3 is 1. The van der Waals surface area contributed by atoms with E-state index in [-0.39, 0.29) is 17.4 Å². The molecule has 164 valence electrons. The maximum absolute atomic E-state index is 12.5. The fourth-order valence-corrected chi connectivity index (χ4v) is 6.06. The highest BCUT2D eigenvalue weighted by Crippen LogP contribution is 2.60. The lowest BCUT2D eigenvalue weighted by Crippen LogP contribution is -2.52. The normalized spacial score (nSPS) is 25.4. The van der Waals surface area contributed by atoms with Crippen molar-refractivity contribution in [3.05, 3.63) is 69.7 Å². The average Bonchev–Trinajstić information content (AvgIpc) is 3.26. The van der Waals surface area contributed by atoms with Crippen LogP contribution in [0.25, 0.3) is 0 Å². The molecule has 1 N–H and O–H groups in total. The van der Waals surface area contributed by atoms with Gasteiger partial charge in [-0.05, 0) is 67.5 Å². The highest BCUT2D eigenvalue weighted by atomic mass is 35.5. The quantitative estimate of drug-likeness (QED) is 0.748. The fraction of sp³-hybridized carbons (Fsp3) is 0.500. The van der Waals surface area contributed by atoms with Crippen LogP contribution < -0.4 is 5.32 Å². The summed E-state index contributed by atoms with van der Waals surface area (Å²) < 4.78 is 5.33. The molecule has 2 unspecified atom stereocenters. The molecule has 1 aliphatic heterocycles. The molecule has 1 saturated heterocycles. The smallest absolute Gasteiger partial charge is 0.251 e. The number of ether oxygens (including phenoxy) is 1. The van der Waals surface area contributed by atoms with Crippen LogP contribution in [0.15, 0.2) is 42.5 Å². The van der Waals surface area contributed by atoms with Crippen molar-refractivity contribution in [2.45, 2.75) is 56.1 Å². The Morgan fingerprint density at radius 2 is 1.87 bits per heavy atom. The van der Waals surface area contributed by atoms with Gasteiger partial charge in [0.15, 0.2) is 0 Å². The van der Waals surface area contributed by atoms with Gasteiger partial charge >= 0.3 is 0 Å². The summed E-state index contributed by atoms with van der Waals surface area (Å²) in [6, 6.07) is 15.6. The highest BCUT2D eigenvalue weighted by molar-refractivity contribution is 6.30. The van der Waals surface area contributed by atoms with E-state index in [0.717, 1.165) is 43.9 Å². The van der Waals surface area contributed by atoms with Crippen molar-refractivity contribution in [1.29, 1.82) is 0 Å². The topological polar surface area (TPSA) is 41.6 Å². The van der Waals surface area contributed by atoms with E-state index in [4.69, 9.17) is 16.3 Å². The Morgan fingerprint density at radius 1 is 1.16 bits per heavy atom. The van der Waals surface area contributed by atoms with Gasteiger partial charge in [0, 0.05) is 49.1 Å². The first-order valence-electron chi connectivity index (χ1n) is 11.3. The van der Waals surface area contributed by atoms with Gasteiger partial charge in [0.25, 0.3) is 5.91 Å². The molecule has 2 aliphatic carbocycles. The first-order chi connectivity index (χ1) is 14.8. The monoisotopic (exact) mass is 438 g/mol. The third-order valence-corrected chi connectivity index (χ3v) is 8.02. The van der Waals surface area contributed by atoms with Gasteiger partial charge in [0.05, 0.1) is 0 Å². The van der Waals surface area contributed by atoms with Gasteiger partial charge in [0.1, 0.15) is 5.60 Å². The van der Waals surface area contributed by atoms with E-state index in [2.05, 4.69) is 46.6 Å². The fourth-order valence-electron chi connectivity index (χ4n) is 5.89. The molecule has 5 rings (SSSR count). The van der Waals surface area contributed by atoms with E-state index in [9.17, 15) is 4.79 Å². The van der Waals surface area contributed by atoms with Gasteiger partial charge in [-0.2, -0.15) is 0 Å². The molecule has 0 radical (unpaired) electrons. The van der Waals surface area contributed by atoms with Crippen molar-refractivity contribution in [2.75, 3.05) is 26.7 Å². The molecule has 2 aromatic rings. The van der Waals surface area contributed by atoms with Gasteiger partial charge in [0.2, 0.25) is 0 Å². The minimum absolute atomic E-state index is 0.0234. The number of nitrogens with one attached hydrogen (secondary N) is 1. The maximum atomic E-state index is 12.5. The van der Waals surface area contributed by atoms with E-state index in [1.54, 1.807) is 7.11 Å². The summed E-state index contributed by atoms with van der Waals surface area (Å²) in [4.78, 5) is 15.1. The lowest BCUT2D eigenvalue weighted by atomic mass is 9.74. The molecule has 0 spiro atoms. The Kier molecular flexibility index (Phi) is 5.16. The number of nitrogens with zero attached hydrogens (tertiary/aromatic N) is 1. The molecule has 0 aromatic heterocycles. The lowest BCUT2D eigenvalue weighted by Gasteiger charge is -2.40. The van der Waals surface area contributed by atoms with E-state index >= 15 is 0 Å². The second-order valence-corrected chi connectivity index (χ2v) is 10.3. The van der Waals surface area contributed by atoms with E-state index in [0.29, 0.717) is 5.92 Å². The number of amides is 1. The molecular weight excluding hydrogens is 408 g/mol. The molecule has 1 fully saturated rings. The van der Waals surface area contributed by atoms with Crippen molar-refractivity contribution >= 4 is 17.5 Å². The van der Waals surface area contributed by atoms with Crippen LogP contribution in [0.1, 0.15) is 61.3 Å². The number of fused-ring (bicyclic) bond motifs is 8. The SMILES string of the molecule is COC(C)(C)C(=O)NC1CCN(CC23CC(c4ccccc42)c2ccc(Cl)cc23)CC1. The van der Waals surface area contributed by atoms with Crippen molar-refractivity contribution in [1.82, 2.24) is 10.2 Å². The van der Waals surface area contributed by atoms with Gasteiger partial charge in [-0.1, -0.05) is 41.9 Å². The molecule has 1 heterocycles. The number of hydrogen-bond acceptors (Lipinski definition) is 3. The third-order valence-electron chi connectivity index (χ3n) is 7.78. The third kappa shape index (κ3) is 3.40. The maximum Gasteiger partial charge on any atom is 0.251 e. The molecule has 2 bridgehead atoms. The lowest BCUT2D eigenvalue weighted by molar-refractivity contribution is -0.140. The van der Waals surface area contributed by atoms with Gasteiger partial charge in [-0.25, -0.2) is 0 Å². The van der Waals surface area contributed by atoms with E-state index in [1.165, 1.54) is 22.3 Å². The molecule has 2 atom stereocenters. The van der Waals surface area contributed by atoms with E-state index < -0.39 is 5.60 Å². The first kappa shape index (κ1) is 21.0. The summed E-state index contributed by atoms with van der Waals surface area (Å²) in [6.45, 7) is 6.62. The van der Waals surface area contributed by atoms with Crippen LogP contribution in [-0.4, -0.2) is 49.2 Å². The summed E-state index contributed by atoms with van der Waals surface area (Å²) in [5.41, 5.74) is 5.07. The standard InChI is InChI=1S/C26H31ClN2O2/c1-25(2,31-3)24(30)28-18-10-12-29(13-11-18)16-26-15-21(19-6-4-5-7-22(19)26)20-9-8-17(27)14-23(20)26/h4-9,14,18,21H,10-13,15-16H2,1-3H3,(H,28,30). The van der Waals surface area contributed by atoms with Crippen LogP contribution in [0.2, 0.25) is 5.02 Å². The molecular formula is C26H31ClN2O2. The van der Waals surface area contributed by atoms with Crippen LogP contribution in [0.5, 0.6) is 0 Å². The van der Waals surface area contributed by atoms with Crippen molar-refractivity contribution in [3.8, 4) is 0 Å². The first-order valence-corrected chi connectivity index (χ1v) is 11.7. The van der Waals surface area contributed by atoms with Crippen molar-refractivity contribution < 1.29 is 9.53 Å². The van der Waals surface area contributed by atoms with Gasteiger partial charge < -0.3 is 15.0 Å². The molecule has 3 aliphatic rings. The van der Waals surface area contributed by atoms with Crippen LogP contribution in [0, 0.1) is 0 Å². The average molecular weight is 439 g/mol. The minimum atomic E-state index is -0.786. The number of halogens is 1. The second-order valence-electron chi connectivity index (χ2n) is 9.90. The Labute approximate surface area is 189 Å². The number of benzene rings is 2. The molecule has 4 nitrogen and oxygen atoms in total. The minimum Gasteiger partial charge on any atom is -0.369 e. The molecule has 1 amide bonds. The predicted octanol–water partition coefficient (Wildman–Crippen LogP) is 4.48. The zero-order valence-electron chi connectivity index (χ0n) is 18.6. The summed E-state index contributed by atoms with van der Waals surface area (Å²) in [6.07, 6.45) is 3.07. The Hall–Kier alpha value is -1.88. The van der Waals surface area contributed by atoms with E-state index in [1.807, 2.05) is 19.9 Å². The van der Waals surface area contributed by atoms with Crippen molar-refractivity contribution in [3.63, 3.8) is 0 Å². The zero-order valence-corrected chi connectivity index (χ0v) is 19.3. The summed E-state index contributed by atoms with van der Waals surface area (Å²) in [5.74, 6) is 0.454. The number of carbonyl (C=O) groups is 1. The van der Waals surface area contributed by atoms with Crippen molar-refractivity contribution in [2.24, 2.45) is 0 Å². The Morgan fingerprint density at radius 3 is 2.61 bits per heavy atom. The Balaban J connectivity index is 1.34. The van der Waals surface area contributed by atoms with Gasteiger partial charge in [-0.3, -0.25) is 4.79 Å².